The highest BCUT2D eigenvalue weighted by molar-refractivity contribution is 6.02. The van der Waals surface area contributed by atoms with Gasteiger partial charge < -0.3 is 9.80 Å². The molecule has 1 fully saturated rings. The van der Waals surface area contributed by atoms with E-state index in [0.29, 0.717) is 5.69 Å². The van der Waals surface area contributed by atoms with Crippen LogP contribution in [0.2, 0.25) is 0 Å². The Labute approximate surface area is 164 Å². The Balaban J connectivity index is 1.93. The van der Waals surface area contributed by atoms with Crippen molar-refractivity contribution in [2.45, 2.75) is 32.2 Å². The number of carbonyl (C=O) groups is 2. The summed E-state index contributed by atoms with van der Waals surface area (Å²) in [6, 6.07) is 9.72. The smallest absolute Gasteiger partial charge is 0.267 e. The molecule has 0 aliphatic carbocycles. The second-order valence-corrected chi connectivity index (χ2v) is 7.34. The number of nitrogens with zero attached hydrogens (tertiary/aromatic N) is 4. The zero-order valence-corrected chi connectivity index (χ0v) is 16.6. The van der Waals surface area contributed by atoms with Crippen LogP contribution in [0.5, 0.6) is 0 Å². The first-order valence-corrected chi connectivity index (χ1v) is 9.55. The number of hydrogen-bond donors (Lipinski definition) is 0. The lowest BCUT2D eigenvalue weighted by Crippen LogP contribution is -2.41. The molecule has 7 heteroatoms. The Bertz CT molecular complexity index is 912. The van der Waals surface area contributed by atoms with E-state index in [4.69, 9.17) is 0 Å². The van der Waals surface area contributed by atoms with Gasteiger partial charge in [-0.15, -0.1) is 0 Å². The second-order valence-electron chi connectivity index (χ2n) is 7.34. The molecule has 0 N–H and O–H groups in total. The number of hydrogen-bond acceptors (Lipinski definition) is 5. The van der Waals surface area contributed by atoms with Crippen LogP contribution in [0.15, 0.2) is 41.2 Å². The molecule has 2 aromatic rings. The summed E-state index contributed by atoms with van der Waals surface area (Å²) in [4.78, 5) is 40.4. The van der Waals surface area contributed by atoms with Crippen molar-refractivity contribution in [3.63, 3.8) is 0 Å². The summed E-state index contributed by atoms with van der Waals surface area (Å²) in [5.41, 5.74) is 2.06. The predicted octanol–water partition coefficient (Wildman–Crippen LogP) is 2.12. The molecule has 0 saturated carbocycles. The summed E-state index contributed by atoms with van der Waals surface area (Å²) in [5, 5.41) is 4.33. The number of piperidine rings is 1. The van der Waals surface area contributed by atoms with Gasteiger partial charge in [-0.05, 0) is 44.4 Å². The van der Waals surface area contributed by atoms with Gasteiger partial charge in [0, 0.05) is 44.5 Å². The molecule has 0 bridgehead atoms. The lowest BCUT2D eigenvalue weighted by Gasteiger charge is -2.28. The predicted molar refractivity (Wildman–Crippen MR) is 108 cm³/mol. The van der Waals surface area contributed by atoms with Crippen LogP contribution in [0.3, 0.4) is 0 Å². The molecule has 0 radical (unpaired) electrons. The van der Waals surface area contributed by atoms with Crippen LogP contribution in [0.4, 0.5) is 5.69 Å². The van der Waals surface area contributed by atoms with Crippen molar-refractivity contribution in [1.82, 2.24) is 14.7 Å². The average molecular weight is 382 g/mol. The minimum Gasteiger partial charge on any atom is -0.372 e. The maximum Gasteiger partial charge on any atom is 0.267 e. The molecule has 0 unspecified atom stereocenters. The zero-order valence-electron chi connectivity index (χ0n) is 16.6. The summed E-state index contributed by atoms with van der Waals surface area (Å²) in [7, 11) is 3.10. The van der Waals surface area contributed by atoms with Crippen molar-refractivity contribution in [1.29, 1.82) is 0 Å². The van der Waals surface area contributed by atoms with E-state index >= 15 is 0 Å². The third kappa shape index (κ3) is 4.13. The summed E-state index contributed by atoms with van der Waals surface area (Å²) in [6.45, 7) is 3.42. The molecule has 1 aromatic heterocycles. The highest BCUT2D eigenvalue weighted by Crippen LogP contribution is 2.24. The van der Waals surface area contributed by atoms with E-state index in [1.807, 2.05) is 24.3 Å². The Morgan fingerprint density at radius 2 is 1.64 bits per heavy atom. The molecule has 7 nitrogen and oxygen atoms in total. The standard InChI is InChI=1S/C21H26N4O3/c1-15(26)20(21(28)23(2)3)25-19(27)12-11-18(22-25)16-7-9-17(10-8-16)24-13-5-4-6-14-24/h7-12,20H,4-6,13-14H2,1-3H3/t20-/m0/s1. The summed E-state index contributed by atoms with van der Waals surface area (Å²) in [5.74, 6) is -0.898. The SMILES string of the molecule is CC(=O)[C@@H](C(=O)N(C)C)n1nc(-c2ccc(N3CCCCC3)cc2)ccc1=O. The highest BCUT2D eigenvalue weighted by Gasteiger charge is 2.29. The van der Waals surface area contributed by atoms with Crippen molar-refractivity contribution < 1.29 is 9.59 Å². The van der Waals surface area contributed by atoms with Gasteiger partial charge in [0.1, 0.15) is 0 Å². The van der Waals surface area contributed by atoms with Gasteiger partial charge >= 0.3 is 0 Å². The zero-order chi connectivity index (χ0) is 20.3. The number of carbonyl (C=O) groups excluding carboxylic acids is 2. The van der Waals surface area contributed by atoms with E-state index in [2.05, 4.69) is 10.00 Å². The van der Waals surface area contributed by atoms with Crippen LogP contribution in [-0.2, 0) is 9.59 Å². The average Bonchev–Trinajstić information content (AvgIpc) is 2.70. The number of rotatable bonds is 5. The number of aromatic nitrogens is 2. The molecule has 0 spiro atoms. The van der Waals surface area contributed by atoms with Gasteiger partial charge in [-0.2, -0.15) is 5.10 Å². The number of benzene rings is 1. The maximum absolute atomic E-state index is 12.4. The molecule has 1 aliphatic rings. The fourth-order valence-electron chi connectivity index (χ4n) is 3.45. The number of ketones is 1. The molecule has 148 valence electrons. The summed E-state index contributed by atoms with van der Waals surface area (Å²) in [6.07, 6.45) is 3.70. The summed E-state index contributed by atoms with van der Waals surface area (Å²) < 4.78 is 0.985. The molecule has 1 aliphatic heterocycles. The Kier molecular flexibility index (Phi) is 5.92. The molecular weight excluding hydrogens is 356 g/mol. The van der Waals surface area contributed by atoms with Crippen LogP contribution in [0, 0.1) is 0 Å². The molecular formula is C21H26N4O3. The third-order valence-electron chi connectivity index (χ3n) is 5.01. The van der Waals surface area contributed by atoms with Crippen molar-refractivity contribution in [3.05, 3.63) is 46.8 Å². The van der Waals surface area contributed by atoms with Crippen molar-refractivity contribution in [2.75, 3.05) is 32.1 Å². The molecule has 2 heterocycles. The lowest BCUT2D eigenvalue weighted by molar-refractivity contribution is -0.138. The van der Waals surface area contributed by atoms with E-state index in [9.17, 15) is 14.4 Å². The van der Waals surface area contributed by atoms with Crippen LogP contribution in [-0.4, -0.2) is 53.6 Å². The van der Waals surface area contributed by atoms with Gasteiger partial charge in [-0.3, -0.25) is 14.4 Å². The van der Waals surface area contributed by atoms with Crippen molar-refractivity contribution in [2.24, 2.45) is 0 Å². The number of anilines is 1. The Hall–Kier alpha value is -2.96. The Morgan fingerprint density at radius 3 is 2.21 bits per heavy atom. The quantitative estimate of drug-likeness (QED) is 0.741. The van der Waals surface area contributed by atoms with Crippen LogP contribution in [0.25, 0.3) is 11.3 Å². The number of Topliss-reactive ketones (excluding diaryl/α,β-unsaturated/α-hetero) is 1. The molecule has 3 rings (SSSR count). The fourth-order valence-corrected chi connectivity index (χ4v) is 3.45. The van der Waals surface area contributed by atoms with Crippen molar-refractivity contribution >= 4 is 17.4 Å². The van der Waals surface area contributed by atoms with Gasteiger partial charge in [0.25, 0.3) is 11.5 Å². The highest BCUT2D eigenvalue weighted by atomic mass is 16.2. The first-order valence-electron chi connectivity index (χ1n) is 9.55. The molecule has 28 heavy (non-hydrogen) atoms. The monoisotopic (exact) mass is 382 g/mol. The first-order chi connectivity index (χ1) is 13.4. The van der Waals surface area contributed by atoms with Crippen LogP contribution in [0.1, 0.15) is 32.2 Å². The second kappa shape index (κ2) is 8.37. The van der Waals surface area contributed by atoms with E-state index < -0.39 is 23.3 Å². The third-order valence-corrected chi connectivity index (χ3v) is 5.01. The molecule has 1 amide bonds. The van der Waals surface area contributed by atoms with E-state index in [-0.39, 0.29) is 0 Å². The van der Waals surface area contributed by atoms with Crippen LogP contribution < -0.4 is 10.5 Å². The molecule has 1 saturated heterocycles. The van der Waals surface area contributed by atoms with Gasteiger partial charge in [0.15, 0.2) is 11.8 Å². The Morgan fingerprint density at radius 1 is 1.00 bits per heavy atom. The molecule has 1 aromatic carbocycles. The van der Waals surface area contributed by atoms with E-state index in [1.165, 1.54) is 42.8 Å². The fraction of sp³-hybridized carbons (Fsp3) is 0.429. The van der Waals surface area contributed by atoms with E-state index in [0.717, 1.165) is 23.3 Å². The molecule has 1 atom stereocenters. The maximum atomic E-state index is 12.4. The van der Waals surface area contributed by atoms with Gasteiger partial charge in [-0.1, -0.05) is 12.1 Å². The van der Waals surface area contributed by atoms with Gasteiger partial charge in [0.05, 0.1) is 5.69 Å². The number of likely N-dealkylation sites (N-methyl/N-ethyl adjacent to an activating group) is 1. The summed E-state index contributed by atoms with van der Waals surface area (Å²) >= 11 is 0. The first kappa shape index (κ1) is 19.8. The van der Waals surface area contributed by atoms with Crippen molar-refractivity contribution in [3.8, 4) is 11.3 Å². The lowest BCUT2D eigenvalue weighted by atomic mass is 10.1. The van der Waals surface area contributed by atoms with Gasteiger partial charge in [0.2, 0.25) is 0 Å². The minimum atomic E-state index is -1.25. The number of amides is 1. The van der Waals surface area contributed by atoms with Gasteiger partial charge in [-0.25, -0.2) is 4.68 Å². The van der Waals surface area contributed by atoms with E-state index in [1.54, 1.807) is 20.2 Å². The normalized spacial score (nSPS) is 15.2. The largest absolute Gasteiger partial charge is 0.372 e. The van der Waals surface area contributed by atoms with Crippen LogP contribution >= 0.6 is 0 Å². The minimum absolute atomic E-state index is 0.425. The topological polar surface area (TPSA) is 75.5 Å².